The minimum atomic E-state index is -0.0444. The van der Waals surface area contributed by atoms with Gasteiger partial charge in [-0.05, 0) is 70.8 Å². The number of para-hydroxylation sites is 1. The summed E-state index contributed by atoms with van der Waals surface area (Å²) in [5, 5.41) is 3.08. The number of nitrogens with one attached hydrogen (secondary N) is 1. The van der Waals surface area contributed by atoms with Crippen molar-refractivity contribution >= 4 is 34.2 Å². The van der Waals surface area contributed by atoms with Crippen LogP contribution in [0.2, 0.25) is 0 Å². The second-order valence-corrected chi connectivity index (χ2v) is 5.87. The second-order valence-electron chi connectivity index (χ2n) is 4.62. The van der Waals surface area contributed by atoms with Crippen LogP contribution in [0.3, 0.4) is 0 Å². The molecule has 0 aromatic heterocycles. The Kier molecular flexibility index (Phi) is 5.17. The van der Waals surface area contributed by atoms with Gasteiger partial charge in [0, 0.05) is 14.8 Å². The van der Waals surface area contributed by atoms with E-state index in [4.69, 9.17) is 0 Å². The Bertz CT molecular complexity index is 583. The first-order valence-corrected chi connectivity index (χ1v) is 7.91. The van der Waals surface area contributed by atoms with E-state index in [2.05, 4.69) is 60.0 Å². The van der Waals surface area contributed by atoms with E-state index in [-0.39, 0.29) is 5.91 Å². The van der Waals surface area contributed by atoms with Crippen molar-refractivity contribution in [2.45, 2.75) is 26.7 Å². The fourth-order valence-corrected chi connectivity index (χ4v) is 2.55. The van der Waals surface area contributed by atoms with E-state index < -0.39 is 0 Å². The van der Waals surface area contributed by atoms with Gasteiger partial charge in [-0.1, -0.05) is 32.0 Å². The summed E-state index contributed by atoms with van der Waals surface area (Å²) < 4.78 is 1.13. The first-order chi connectivity index (χ1) is 9.65. The number of aryl methyl sites for hydroxylation is 2. The molecule has 0 atom stereocenters. The van der Waals surface area contributed by atoms with Crippen LogP contribution < -0.4 is 5.32 Å². The number of carbonyl (C=O) groups excluding carboxylic acids is 1. The lowest BCUT2D eigenvalue weighted by molar-refractivity contribution is 0.102. The molecule has 0 fully saturated rings. The van der Waals surface area contributed by atoms with Crippen molar-refractivity contribution in [1.29, 1.82) is 0 Å². The van der Waals surface area contributed by atoms with Gasteiger partial charge in [0.2, 0.25) is 0 Å². The average molecular weight is 379 g/mol. The van der Waals surface area contributed by atoms with Crippen LogP contribution in [0.15, 0.2) is 42.5 Å². The van der Waals surface area contributed by atoms with Gasteiger partial charge in [-0.25, -0.2) is 0 Å². The van der Waals surface area contributed by atoms with Crippen LogP contribution in [-0.2, 0) is 12.8 Å². The number of halogens is 1. The molecule has 0 saturated heterocycles. The quantitative estimate of drug-likeness (QED) is 0.769. The van der Waals surface area contributed by atoms with E-state index in [1.54, 1.807) is 0 Å². The minimum absolute atomic E-state index is 0.0444. The average Bonchev–Trinajstić information content (AvgIpc) is 2.48. The second kappa shape index (κ2) is 6.88. The molecule has 0 aliphatic heterocycles. The molecule has 0 radical (unpaired) electrons. The summed E-state index contributed by atoms with van der Waals surface area (Å²) in [6.07, 6.45) is 1.83. The maximum Gasteiger partial charge on any atom is 0.255 e. The number of benzene rings is 2. The van der Waals surface area contributed by atoms with Crippen molar-refractivity contribution in [3.05, 3.63) is 62.7 Å². The van der Waals surface area contributed by atoms with Crippen molar-refractivity contribution in [2.75, 3.05) is 5.32 Å². The fraction of sp³-hybridized carbons (Fsp3) is 0.235. The summed E-state index contributed by atoms with van der Waals surface area (Å²) >= 11 is 2.23. The van der Waals surface area contributed by atoms with E-state index >= 15 is 0 Å². The van der Waals surface area contributed by atoms with E-state index in [0.717, 1.165) is 22.1 Å². The van der Waals surface area contributed by atoms with Crippen molar-refractivity contribution in [3.63, 3.8) is 0 Å². The van der Waals surface area contributed by atoms with Crippen LogP contribution in [0.4, 0.5) is 5.69 Å². The Morgan fingerprint density at radius 2 is 1.55 bits per heavy atom. The van der Waals surface area contributed by atoms with E-state index in [0.29, 0.717) is 5.56 Å². The highest BCUT2D eigenvalue weighted by Gasteiger charge is 2.11. The van der Waals surface area contributed by atoms with E-state index in [9.17, 15) is 4.79 Å². The molecular formula is C17H18INO. The van der Waals surface area contributed by atoms with E-state index in [1.807, 2.05) is 24.3 Å². The third kappa shape index (κ3) is 3.39. The Hall–Kier alpha value is -1.36. The molecule has 0 unspecified atom stereocenters. The number of anilines is 1. The zero-order valence-corrected chi connectivity index (χ0v) is 13.9. The summed E-state index contributed by atoms with van der Waals surface area (Å²) in [5.74, 6) is -0.0444. The van der Waals surface area contributed by atoms with Crippen LogP contribution >= 0.6 is 22.6 Å². The van der Waals surface area contributed by atoms with Gasteiger partial charge in [-0.3, -0.25) is 4.79 Å². The largest absolute Gasteiger partial charge is 0.321 e. The van der Waals surface area contributed by atoms with Crippen molar-refractivity contribution in [3.8, 4) is 0 Å². The van der Waals surface area contributed by atoms with Gasteiger partial charge in [0.1, 0.15) is 0 Å². The maximum atomic E-state index is 12.3. The summed E-state index contributed by atoms with van der Waals surface area (Å²) in [4.78, 5) is 12.3. The van der Waals surface area contributed by atoms with Gasteiger partial charge < -0.3 is 5.32 Å². The third-order valence-corrected chi connectivity index (χ3v) is 4.06. The smallest absolute Gasteiger partial charge is 0.255 e. The number of rotatable bonds is 4. The lowest BCUT2D eigenvalue weighted by atomic mass is 10.0. The molecule has 0 spiro atoms. The summed E-state index contributed by atoms with van der Waals surface area (Å²) in [6.45, 7) is 4.21. The normalized spacial score (nSPS) is 10.3. The summed E-state index contributed by atoms with van der Waals surface area (Å²) in [7, 11) is 0. The number of hydrogen-bond donors (Lipinski definition) is 1. The predicted octanol–water partition coefficient (Wildman–Crippen LogP) is 4.67. The SMILES string of the molecule is CCc1cccc(CC)c1NC(=O)c1ccc(I)cc1. The molecule has 0 aliphatic carbocycles. The molecule has 0 heterocycles. The number of hydrogen-bond acceptors (Lipinski definition) is 1. The van der Waals surface area contributed by atoms with Crippen LogP contribution in [0.1, 0.15) is 35.3 Å². The molecule has 0 aliphatic rings. The van der Waals surface area contributed by atoms with Crippen molar-refractivity contribution < 1.29 is 4.79 Å². The molecular weight excluding hydrogens is 361 g/mol. The van der Waals surface area contributed by atoms with Gasteiger partial charge in [-0.2, -0.15) is 0 Å². The van der Waals surface area contributed by atoms with E-state index in [1.165, 1.54) is 11.1 Å². The molecule has 1 N–H and O–H groups in total. The lowest BCUT2D eigenvalue weighted by Crippen LogP contribution is -2.14. The van der Waals surface area contributed by atoms with Crippen molar-refractivity contribution in [2.24, 2.45) is 0 Å². The minimum Gasteiger partial charge on any atom is -0.321 e. The van der Waals surface area contributed by atoms with Crippen LogP contribution in [0.5, 0.6) is 0 Å². The monoisotopic (exact) mass is 379 g/mol. The Morgan fingerprint density at radius 1 is 1.00 bits per heavy atom. The molecule has 2 aromatic carbocycles. The zero-order chi connectivity index (χ0) is 14.5. The molecule has 2 rings (SSSR count). The molecule has 2 nitrogen and oxygen atoms in total. The Labute approximate surface area is 133 Å². The summed E-state index contributed by atoms with van der Waals surface area (Å²) in [6, 6.07) is 13.8. The molecule has 3 heteroatoms. The van der Waals surface area contributed by atoms with Crippen LogP contribution in [0, 0.1) is 3.57 Å². The zero-order valence-electron chi connectivity index (χ0n) is 11.7. The highest BCUT2D eigenvalue weighted by molar-refractivity contribution is 14.1. The molecule has 1 amide bonds. The molecule has 0 bridgehead atoms. The third-order valence-electron chi connectivity index (χ3n) is 3.34. The molecule has 104 valence electrons. The van der Waals surface area contributed by atoms with Gasteiger partial charge in [0.15, 0.2) is 0 Å². The molecule has 2 aromatic rings. The lowest BCUT2D eigenvalue weighted by Gasteiger charge is -2.14. The standard InChI is InChI=1S/C17H18INO/c1-3-12-6-5-7-13(4-2)16(12)19-17(20)14-8-10-15(18)11-9-14/h5-11H,3-4H2,1-2H3,(H,19,20). The Balaban J connectivity index is 2.29. The molecule has 20 heavy (non-hydrogen) atoms. The Morgan fingerprint density at radius 3 is 2.05 bits per heavy atom. The van der Waals surface area contributed by atoms with Crippen molar-refractivity contribution in [1.82, 2.24) is 0 Å². The molecule has 0 saturated carbocycles. The highest BCUT2D eigenvalue weighted by atomic mass is 127. The topological polar surface area (TPSA) is 29.1 Å². The fourth-order valence-electron chi connectivity index (χ4n) is 2.19. The van der Waals surface area contributed by atoms with Gasteiger partial charge in [-0.15, -0.1) is 0 Å². The van der Waals surface area contributed by atoms with Crippen LogP contribution in [-0.4, -0.2) is 5.91 Å². The van der Waals surface area contributed by atoms with Gasteiger partial charge in [0.25, 0.3) is 5.91 Å². The predicted molar refractivity (Wildman–Crippen MR) is 92.3 cm³/mol. The maximum absolute atomic E-state index is 12.3. The first kappa shape index (κ1) is 15.0. The summed E-state index contributed by atoms with van der Waals surface area (Å²) in [5.41, 5.74) is 4.03. The van der Waals surface area contributed by atoms with Gasteiger partial charge >= 0.3 is 0 Å². The number of amides is 1. The highest BCUT2D eigenvalue weighted by Crippen LogP contribution is 2.23. The first-order valence-electron chi connectivity index (χ1n) is 6.83. The van der Waals surface area contributed by atoms with Gasteiger partial charge in [0.05, 0.1) is 0 Å². The number of carbonyl (C=O) groups is 1. The van der Waals surface area contributed by atoms with Crippen LogP contribution in [0.25, 0.3) is 0 Å².